The molecule has 0 aliphatic heterocycles. The molecule has 15 heavy (non-hydrogen) atoms. The first-order valence-corrected chi connectivity index (χ1v) is 6.56. The Morgan fingerprint density at radius 1 is 1.20 bits per heavy atom. The average Bonchev–Trinajstić information content (AvgIpc) is 2.82. The molecule has 2 unspecified atom stereocenters. The van der Waals surface area contributed by atoms with Crippen LogP contribution in [0, 0.1) is 5.92 Å². The van der Waals surface area contributed by atoms with Crippen molar-refractivity contribution in [3.05, 3.63) is 22.4 Å². The van der Waals surface area contributed by atoms with E-state index in [0.29, 0.717) is 0 Å². The molecular weight excluding hydrogens is 208 g/mol. The molecule has 1 aromatic heterocycles. The average molecular weight is 226 g/mol. The van der Waals surface area contributed by atoms with Gasteiger partial charge in [0, 0.05) is 4.88 Å². The second-order valence-electron chi connectivity index (χ2n) is 4.35. The van der Waals surface area contributed by atoms with E-state index in [4.69, 9.17) is 0 Å². The highest BCUT2D eigenvalue weighted by atomic mass is 32.1. The van der Waals surface area contributed by atoms with Gasteiger partial charge in [-0.3, -0.25) is 0 Å². The number of hydrogen-bond donors (Lipinski definition) is 2. The van der Waals surface area contributed by atoms with Gasteiger partial charge in [-0.1, -0.05) is 25.3 Å². The summed E-state index contributed by atoms with van der Waals surface area (Å²) >= 11 is 1.51. The monoisotopic (exact) mass is 226 g/mol. The summed E-state index contributed by atoms with van der Waals surface area (Å²) < 4.78 is 0. The summed E-state index contributed by atoms with van der Waals surface area (Å²) in [5.74, 6) is 0.288. The third kappa shape index (κ3) is 2.60. The Morgan fingerprint density at radius 3 is 2.53 bits per heavy atom. The molecule has 0 bridgehead atoms. The molecule has 2 N–H and O–H groups in total. The summed E-state index contributed by atoms with van der Waals surface area (Å²) in [6.45, 7) is 0. The van der Waals surface area contributed by atoms with E-state index in [0.717, 1.165) is 17.7 Å². The molecule has 1 fully saturated rings. The van der Waals surface area contributed by atoms with E-state index in [2.05, 4.69) is 0 Å². The summed E-state index contributed by atoms with van der Waals surface area (Å²) in [5, 5.41) is 22.0. The topological polar surface area (TPSA) is 40.5 Å². The van der Waals surface area contributed by atoms with Gasteiger partial charge >= 0.3 is 0 Å². The van der Waals surface area contributed by atoms with Gasteiger partial charge in [0.1, 0.15) is 6.10 Å². The Balaban J connectivity index is 1.97. The van der Waals surface area contributed by atoms with Crippen molar-refractivity contribution in [2.24, 2.45) is 5.92 Å². The molecule has 1 saturated carbocycles. The first kappa shape index (κ1) is 11.1. The predicted octanol–water partition coefficient (Wildman–Crippen LogP) is 2.72. The van der Waals surface area contributed by atoms with Crippen molar-refractivity contribution >= 4 is 11.3 Å². The van der Waals surface area contributed by atoms with Gasteiger partial charge in [-0.15, -0.1) is 11.3 Å². The van der Waals surface area contributed by atoms with Crippen LogP contribution in [-0.4, -0.2) is 16.3 Å². The maximum Gasteiger partial charge on any atom is 0.114 e. The van der Waals surface area contributed by atoms with Crippen LogP contribution in [0.4, 0.5) is 0 Å². The van der Waals surface area contributed by atoms with Gasteiger partial charge in [0.25, 0.3) is 0 Å². The van der Waals surface area contributed by atoms with Crippen LogP contribution in [0.25, 0.3) is 0 Å². The van der Waals surface area contributed by atoms with Crippen molar-refractivity contribution in [2.45, 2.75) is 44.3 Å². The van der Waals surface area contributed by atoms with Gasteiger partial charge in [-0.2, -0.15) is 0 Å². The zero-order valence-corrected chi connectivity index (χ0v) is 9.62. The number of aliphatic hydroxyl groups is 2. The lowest BCUT2D eigenvalue weighted by molar-refractivity contribution is -0.0268. The summed E-state index contributed by atoms with van der Waals surface area (Å²) in [4.78, 5) is 0.882. The smallest absolute Gasteiger partial charge is 0.114 e. The van der Waals surface area contributed by atoms with Crippen LogP contribution in [0.5, 0.6) is 0 Å². The standard InChI is InChI=1S/C12H18O2S/c13-11(9-5-2-1-3-6-9)12(14)10-7-4-8-15-10/h4,7-9,11-14H,1-3,5-6H2. The van der Waals surface area contributed by atoms with Gasteiger partial charge in [0.15, 0.2) is 0 Å². The fourth-order valence-electron chi connectivity index (χ4n) is 2.36. The molecule has 1 aliphatic rings. The van der Waals surface area contributed by atoms with Gasteiger partial charge in [-0.05, 0) is 30.2 Å². The molecule has 0 aromatic carbocycles. The molecule has 0 radical (unpaired) electrons. The molecule has 1 aliphatic carbocycles. The quantitative estimate of drug-likeness (QED) is 0.832. The summed E-state index contributed by atoms with van der Waals surface area (Å²) in [5.41, 5.74) is 0. The lowest BCUT2D eigenvalue weighted by Crippen LogP contribution is -2.28. The number of hydrogen-bond acceptors (Lipinski definition) is 3. The van der Waals surface area contributed by atoms with E-state index >= 15 is 0 Å². The van der Waals surface area contributed by atoms with Crippen LogP contribution >= 0.6 is 11.3 Å². The van der Waals surface area contributed by atoms with E-state index in [1.165, 1.54) is 30.6 Å². The fraction of sp³-hybridized carbons (Fsp3) is 0.667. The Labute approximate surface area is 94.6 Å². The highest BCUT2D eigenvalue weighted by Gasteiger charge is 2.28. The fourth-order valence-corrected chi connectivity index (χ4v) is 3.11. The molecule has 0 spiro atoms. The SMILES string of the molecule is OC(c1cccs1)C(O)C1CCCCC1. The van der Waals surface area contributed by atoms with Crippen molar-refractivity contribution in [1.82, 2.24) is 0 Å². The third-order valence-corrected chi connectivity index (χ3v) is 4.23. The van der Waals surface area contributed by atoms with Crippen LogP contribution in [0.15, 0.2) is 17.5 Å². The Bertz CT molecular complexity index is 278. The van der Waals surface area contributed by atoms with Crippen molar-refractivity contribution in [3.63, 3.8) is 0 Å². The highest BCUT2D eigenvalue weighted by molar-refractivity contribution is 7.10. The maximum absolute atomic E-state index is 10.1. The Hall–Kier alpha value is -0.380. The van der Waals surface area contributed by atoms with E-state index in [1.807, 2.05) is 17.5 Å². The molecule has 2 rings (SSSR count). The van der Waals surface area contributed by atoms with Gasteiger partial charge in [0.05, 0.1) is 6.10 Å². The number of aliphatic hydroxyl groups excluding tert-OH is 2. The third-order valence-electron chi connectivity index (χ3n) is 3.29. The minimum Gasteiger partial charge on any atom is -0.390 e. The molecule has 3 heteroatoms. The van der Waals surface area contributed by atoms with E-state index in [9.17, 15) is 10.2 Å². The molecule has 1 heterocycles. The molecular formula is C12H18O2S. The summed E-state index contributed by atoms with van der Waals surface area (Å²) in [6, 6.07) is 3.80. The molecule has 2 atom stereocenters. The second-order valence-corrected chi connectivity index (χ2v) is 5.33. The minimum absolute atomic E-state index is 0.288. The van der Waals surface area contributed by atoms with E-state index in [-0.39, 0.29) is 5.92 Å². The largest absolute Gasteiger partial charge is 0.390 e. The summed E-state index contributed by atoms with van der Waals surface area (Å²) in [7, 11) is 0. The Morgan fingerprint density at radius 2 is 1.93 bits per heavy atom. The molecule has 84 valence electrons. The zero-order valence-electron chi connectivity index (χ0n) is 8.80. The van der Waals surface area contributed by atoms with E-state index < -0.39 is 12.2 Å². The van der Waals surface area contributed by atoms with Gasteiger partial charge in [0.2, 0.25) is 0 Å². The first-order valence-electron chi connectivity index (χ1n) is 5.68. The van der Waals surface area contributed by atoms with Crippen molar-refractivity contribution in [2.75, 3.05) is 0 Å². The Kier molecular flexibility index (Phi) is 3.78. The molecule has 2 nitrogen and oxygen atoms in total. The van der Waals surface area contributed by atoms with E-state index in [1.54, 1.807) is 0 Å². The number of thiophene rings is 1. The van der Waals surface area contributed by atoms with Crippen LogP contribution in [0.2, 0.25) is 0 Å². The van der Waals surface area contributed by atoms with Crippen molar-refractivity contribution in [1.29, 1.82) is 0 Å². The molecule has 1 aromatic rings. The van der Waals surface area contributed by atoms with Crippen molar-refractivity contribution in [3.8, 4) is 0 Å². The van der Waals surface area contributed by atoms with Crippen LogP contribution < -0.4 is 0 Å². The predicted molar refractivity (Wildman–Crippen MR) is 61.9 cm³/mol. The lowest BCUT2D eigenvalue weighted by atomic mass is 9.83. The summed E-state index contributed by atoms with van der Waals surface area (Å²) in [6.07, 6.45) is 4.51. The van der Waals surface area contributed by atoms with Crippen LogP contribution in [0.1, 0.15) is 43.1 Å². The van der Waals surface area contributed by atoms with Gasteiger partial charge in [-0.25, -0.2) is 0 Å². The van der Waals surface area contributed by atoms with Crippen LogP contribution in [0.3, 0.4) is 0 Å². The number of rotatable bonds is 3. The highest BCUT2D eigenvalue weighted by Crippen LogP contribution is 2.33. The minimum atomic E-state index is -0.687. The maximum atomic E-state index is 10.1. The molecule has 0 amide bonds. The van der Waals surface area contributed by atoms with Gasteiger partial charge < -0.3 is 10.2 Å². The zero-order chi connectivity index (χ0) is 10.7. The normalized spacial score (nSPS) is 22.5. The van der Waals surface area contributed by atoms with Crippen molar-refractivity contribution < 1.29 is 10.2 Å². The first-order chi connectivity index (χ1) is 7.29. The lowest BCUT2D eigenvalue weighted by Gasteiger charge is -2.29. The molecule has 0 saturated heterocycles. The second kappa shape index (κ2) is 5.10. The van der Waals surface area contributed by atoms with Crippen LogP contribution in [-0.2, 0) is 0 Å².